The number of nitrogens with zero attached hydrogens (tertiary/aromatic N) is 1. The highest BCUT2D eigenvalue weighted by Crippen LogP contribution is 2.32. The van der Waals surface area contributed by atoms with Crippen molar-refractivity contribution in [3.8, 4) is 0 Å². The Kier molecular flexibility index (Phi) is 3.85. The van der Waals surface area contributed by atoms with Crippen molar-refractivity contribution in [3.63, 3.8) is 0 Å². The molecule has 1 heterocycles. The molecule has 1 aromatic rings. The van der Waals surface area contributed by atoms with Crippen LogP contribution in [0.1, 0.15) is 42.5 Å². The lowest BCUT2D eigenvalue weighted by Gasteiger charge is -2.27. The predicted octanol–water partition coefficient (Wildman–Crippen LogP) is 2.79. The molecule has 0 unspecified atom stereocenters. The van der Waals surface area contributed by atoms with E-state index in [4.69, 9.17) is 5.73 Å². The summed E-state index contributed by atoms with van der Waals surface area (Å²) < 4.78 is 0. The van der Waals surface area contributed by atoms with Gasteiger partial charge in [-0.3, -0.25) is 4.90 Å². The van der Waals surface area contributed by atoms with Gasteiger partial charge in [-0.2, -0.15) is 0 Å². The summed E-state index contributed by atoms with van der Waals surface area (Å²) in [5.41, 5.74) is 10.4. The first-order chi connectivity index (χ1) is 8.13. The molecule has 17 heavy (non-hydrogen) atoms. The Morgan fingerprint density at radius 2 is 2.06 bits per heavy atom. The van der Waals surface area contributed by atoms with Gasteiger partial charge in [0.25, 0.3) is 0 Å². The highest BCUT2D eigenvalue weighted by Gasteiger charge is 2.32. The van der Waals surface area contributed by atoms with Gasteiger partial charge in [0.05, 0.1) is 0 Å². The molecule has 2 nitrogen and oxygen atoms in total. The Bertz CT molecular complexity index is 385. The van der Waals surface area contributed by atoms with Crippen LogP contribution in [0.4, 0.5) is 0 Å². The van der Waals surface area contributed by atoms with Crippen LogP contribution in [0.25, 0.3) is 0 Å². The maximum Gasteiger partial charge on any atom is 0.0499 e. The second kappa shape index (κ2) is 5.19. The van der Waals surface area contributed by atoms with Gasteiger partial charge in [-0.1, -0.05) is 25.1 Å². The topological polar surface area (TPSA) is 29.3 Å². The maximum absolute atomic E-state index is 6.28. The van der Waals surface area contributed by atoms with E-state index in [0.717, 1.165) is 19.5 Å². The van der Waals surface area contributed by atoms with Gasteiger partial charge in [0, 0.05) is 18.6 Å². The molecule has 2 rings (SSSR count). The summed E-state index contributed by atoms with van der Waals surface area (Å²) in [6.45, 7) is 8.89. The van der Waals surface area contributed by atoms with E-state index in [2.05, 4.69) is 43.9 Å². The van der Waals surface area contributed by atoms with E-state index in [-0.39, 0.29) is 0 Å². The van der Waals surface area contributed by atoms with Crippen LogP contribution in [0, 0.1) is 13.8 Å². The van der Waals surface area contributed by atoms with Gasteiger partial charge in [-0.15, -0.1) is 0 Å². The molecule has 94 valence electrons. The molecular weight excluding hydrogens is 208 g/mol. The van der Waals surface area contributed by atoms with Gasteiger partial charge in [0.1, 0.15) is 0 Å². The van der Waals surface area contributed by atoms with Crippen molar-refractivity contribution in [1.29, 1.82) is 0 Å². The monoisotopic (exact) mass is 232 g/mol. The lowest BCUT2D eigenvalue weighted by atomic mass is 9.97. The molecular formula is C15H24N2. The first-order valence-corrected chi connectivity index (χ1v) is 6.70. The standard InChI is InChI=1S/C15H24N2/c1-4-8-17-9-7-14(16)15(17)13-6-5-11(2)12(3)10-13/h5-6,10,14-15H,4,7-9,16H2,1-3H3/t14-,15+/m0/s1. The van der Waals surface area contributed by atoms with Crippen LogP contribution in [0.15, 0.2) is 18.2 Å². The number of hydrogen-bond donors (Lipinski definition) is 1. The summed E-state index contributed by atoms with van der Waals surface area (Å²) in [4.78, 5) is 2.54. The quantitative estimate of drug-likeness (QED) is 0.868. The molecule has 1 aliphatic rings. The third-order valence-electron chi connectivity index (χ3n) is 3.93. The molecule has 0 bridgehead atoms. The molecule has 0 saturated carbocycles. The van der Waals surface area contributed by atoms with Crippen molar-refractivity contribution in [2.45, 2.75) is 45.7 Å². The summed E-state index contributed by atoms with van der Waals surface area (Å²) in [6.07, 6.45) is 2.33. The zero-order valence-corrected chi connectivity index (χ0v) is 11.2. The number of likely N-dealkylation sites (tertiary alicyclic amines) is 1. The van der Waals surface area contributed by atoms with Crippen molar-refractivity contribution < 1.29 is 0 Å². The van der Waals surface area contributed by atoms with Gasteiger partial charge >= 0.3 is 0 Å². The van der Waals surface area contributed by atoms with Crippen LogP contribution in [0.2, 0.25) is 0 Å². The Morgan fingerprint density at radius 3 is 2.71 bits per heavy atom. The SMILES string of the molecule is CCCN1CC[C@H](N)[C@H]1c1ccc(C)c(C)c1. The number of nitrogens with two attached hydrogens (primary N) is 1. The van der Waals surface area contributed by atoms with Gasteiger partial charge in [-0.25, -0.2) is 0 Å². The fraction of sp³-hybridized carbons (Fsp3) is 0.600. The van der Waals surface area contributed by atoms with Gasteiger partial charge in [0.2, 0.25) is 0 Å². The van der Waals surface area contributed by atoms with E-state index in [1.165, 1.54) is 23.1 Å². The summed E-state index contributed by atoms with van der Waals surface area (Å²) in [5, 5.41) is 0. The first-order valence-electron chi connectivity index (χ1n) is 6.70. The highest BCUT2D eigenvalue weighted by atomic mass is 15.2. The minimum absolute atomic E-state index is 0.295. The Balaban J connectivity index is 2.26. The van der Waals surface area contributed by atoms with Crippen molar-refractivity contribution in [3.05, 3.63) is 34.9 Å². The van der Waals surface area contributed by atoms with Crippen molar-refractivity contribution in [1.82, 2.24) is 4.90 Å². The molecule has 0 spiro atoms. The van der Waals surface area contributed by atoms with E-state index in [1.54, 1.807) is 0 Å². The molecule has 0 aromatic heterocycles. The molecule has 2 heteroatoms. The van der Waals surface area contributed by atoms with E-state index < -0.39 is 0 Å². The lowest BCUT2D eigenvalue weighted by Crippen LogP contribution is -2.32. The number of aryl methyl sites for hydroxylation is 2. The third kappa shape index (κ3) is 2.53. The van der Waals surface area contributed by atoms with E-state index >= 15 is 0 Å². The normalized spacial score (nSPS) is 25.4. The fourth-order valence-electron chi connectivity index (χ4n) is 2.83. The van der Waals surface area contributed by atoms with Gasteiger partial charge in [0.15, 0.2) is 0 Å². The van der Waals surface area contributed by atoms with Crippen LogP contribution in [-0.4, -0.2) is 24.0 Å². The largest absolute Gasteiger partial charge is 0.326 e. The fourth-order valence-corrected chi connectivity index (χ4v) is 2.83. The summed E-state index contributed by atoms with van der Waals surface area (Å²) in [6, 6.07) is 7.51. The van der Waals surface area contributed by atoms with E-state index in [9.17, 15) is 0 Å². The van der Waals surface area contributed by atoms with Crippen molar-refractivity contribution >= 4 is 0 Å². The molecule has 2 N–H and O–H groups in total. The van der Waals surface area contributed by atoms with Crippen LogP contribution < -0.4 is 5.73 Å². The average molecular weight is 232 g/mol. The molecule has 0 radical (unpaired) electrons. The number of hydrogen-bond acceptors (Lipinski definition) is 2. The van der Waals surface area contributed by atoms with Crippen LogP contribution in [-0.2, 0) is 0 Å². The smallest absolute Gasteiger partial charge is 0.0499 e. The third-order valence-corrected chi connectivity index (χ3v) is 3.93. The minimum atomic E-state index is 0.295. The summed E-state index contributed by atoms with van der Waals surface area (Å²) in [5.74, 6) is 0. The van der Waals surface area contributed by atoms with E-state index in [0.29, 0.717) is 12.1 Å². The average Bonchev–Trinajstić information content (AvgIpc) is 2.65. The van der Waals surface area contributed by atoms with Crippen molar-refractivity contribution in [2.24, 2.45) is 5.73 Å². The van der Waals surface area contributed by atoms with E-state index in [1.807, 2.05) is 0 Å². The lowest BCUT2D eigenvalue weighted by molar-refractivity contribution is 0.248. The molecule has 1 saturated heterocycles. The molecule has 1 aromatic carbocycles. The maximum atomic E-state index is 6.28. The van der Waals surface area contributed by atoms with Gasteiger partial charge in [-0.05, 0) is 49.9 Å². The molecule has 0 aliphatic carbocycles. The highest BCUT2D eigenvalue weighted by molar-refractivity contribution is 5.33. The molecule has 2 atom stereocenters. The summed E-state index contributed by atoms with van der Waals surface area (Å²) in [7, 11) is 0. The second-order valence-electron chi connectivity index (χ2n) is 5.28. The summed E-state index contributed by atoms with van der Waals surface area (Å²) >= 11 is 0. The molecule has 1 aliphatic heterocycles. The van der Waals surface area contributed by atoms with Crippen LogP contribution >= 0.6 is 0 Å². The van der Waals surface area contributed by atoms with Crippen LogP contribution in [0.5, 0.6) is 0 Å². The Labute approximate surface area is 105 Å². The van der Waals surface area contributed by atoms with Crippen molar-refractivity contribution in [2.75, 3.05) is 13.1 Å². The Hall–Kier alpha value is -0.860. The second-order valence-corrected chi connectivity index (χ2v) is 5.28. The Morgan fingerprint density at radius 1 is 1.29 bits per heavy atom. The number of benzene rings is 1. The molecule has 1 fully saturated rings. The molecule has 0 amide bonds. The minimum Gasteiger partial charge on any atom is -0.326 e. The zero-order valence-electron chi connectivity index (χ0n) is 11.2. The van der Waals surface area contributed by atoms with Gasteiger partial charge < -0.3 is 5.73 Å². The number of rotatable bonds is 3. The zero-order chi connectivity index (χ0) is 12.4. The first kappa shape index (κ1) is 12.6. The predicted molar refractivity (Wildman–Crippen MR) is 73.1 cm³/mol. The van der Waals surface area contributed by atoms with Crippen LogP contribution in [0.3, 0.4) is 0 Å².